The highest BCUT2D eigenvalue weighted by Crippen LogP contribution is 2.25. The first-order chi connectivity index (χ1) is 11.7. The van der Waals surface area contributed by atoms with Crippen LogP contribution in [0.5, 0.6) is 5.75 Å². The van der Waals surface area contributed by atoms with E-state index in [4.69, 9.17) is 4.74 Å². The summed E-state index contributed by atoms with van der Waals surface area (Å²) in [7, 11) is 1.98. The molecule has 1 heterocycles. The Morgan fingerprint density at radius 2 is 2.08 bits per heavy atom. The van der Waals surface area contributed by atoms with Crippen LogP contribution in [-0.4, -0.2) is 43.1 Å². The minimum Gasteiger partial charge on any atom is -0.490 e. The van der Waals surface area contributed by atoms with E-state index in [9.17, 15) is 4.79 Å². The topological polar surface area (TPSA) is 41.6 Å². The molecule has 1 atom stereocenters. The largest absolute Gasteiger partial charge is 0.490 e. The number of carbonyl (C=O) groups excluding carboxylic acids is 1. The molecule has 1 aliphatic carbocycles. The number of aryl methyl sites for hydroxylation is 1. The second-order valence-electron chi connectivity index (χ2n) is 7.14. The van der Waals surface area contributed by atoms with Gasteiger partial charge < -0.3 is 15.0 Å². The third-order valence-corrected chi connectivity index (χ3v) is 5.31. The molecule has 24 heavy (non-hydrogen) atoms. The summed E-state index contributed by atoms with van der Waals surface area (Å²) >= 11 is 0. The molecule has 1 amide bonds. The Labute approximate surface area is 145 Å². The molecule has 0 aromatic heterocycles. The minimum atomic E-state index is 0.275. The number of nitrogens with zero attached hydrogens (tertiary/aromatic N) is 1. The van der Waals surface area contributed by atoms with Crippen molar-refractivity contribution in [1.82, 2.24) is 10.2 Å². The van der Waals surface area contributed by atoms with Crippen molar-refractivity contribution >= 4 is 5.91 Å². The summed E-state index contributed by atoms with van der Waals surface area (Å²) in [5.41, 5.74) is 1.20. The van der Waals surface area contributed by atoms with Crippen LogP contribution in [0.15, 0.2) is 24.3 Å². The van der Waals surface area contributed by atoms with E-state index in [0.717, 1.165) is 31.7 Å². The van der Waals surface area contributed by atoms with Gasteiger partial charge in [-0.1, -0.05) is 12.1 Å². The fourth-order valence-electron chi connectivity index (χ4n) is 3.82. The summed E-state index contributed by atoms with van der Waals surface area (Å²) in [5.74, 6) is 1.23. The number of piperidine rings is 1. The van der Waals surface area contributed by atoms with Gasteiger partial charge in [0.15, 0.2) is 0 Å². The van der Waals surface area contributed by atoms with Gasteiger partial charge in [0.2, 0.25) is 5.91 Å². The van der Waals surface area contributed by atoms with Crippen molar-refractivity contribution in [3.05, 3.63) is 29.8 Å². The molecule has 132 valence electrons. The Hall–Kier alpha value is -1.55. The maximum atomic E-state index is 12.5. The van der Waals surface area contributed by atoms with Crippen molar-refractivity contribution in [2.75, 3.05) is 20.1 Å². The van der Waals surface area contributed by atoms with Gasteiger partial charge in [-0.15, -0.1) is 0 Å². The molecule has 4 heteroatoms. The van der Waals surface area contributed by atoms with Crippen molar-refractivity contribution < 1.29 is 9.53 Å². The molecular formula is C20H30N2O2. The standard InChI is InChI=1S/C20H30N2O2/c1-21-17-7-5-13-22(15-17)20(23)12-11-16-6-4-10-19(14-16)24-18-8-2-3-9-18/h4,6,10,14,17-18,21H,2-3,5,7-9,11-13,15H2,1H3. The highest BCUT2D eigenvalue weighted by atomic mass is 16.5. The van der Waals surface area contributed by atoms with Gasteiger partial charge in [-0.2, -0.15) is 0 Å². The molecular weight excluding hydrogens is 300 g/mol. The van der Waals surface area contributed by atoms with Gasteiger partial charge in [-0.25, -0.2) is 0 Å². The summed E-state index contributed by atoms with van der Waals surface area (Å²) in [5, 5.41) is 3.29. The Bertz CT molecular complexity index is 540. The second kappa shape index (κ2) is 8.52. The lowest BCUT2D eigenvalue weighted by Crippen LogP contribution is -2.47. The van der Waals surface area contributed by atoms with E-state index in [2.05, 4.69) is 17.4 Å². The highest BCUT2D eigenvalue weighted by molar-refractivity contribution is 5.76. The van der Waals surface area contributed by atoms with E-state index < -0.39 is 0 Å². The first-order valence-corrected chi connectivity index (χ1v) is 9.45. The number of benzene rings is 1. The van der Waals surface area contributed by atoms with Gasteiger partial charge in [0, 0.05) is 25.6 Å². The molecule has 1 aromatic carbocycles. The molecule has 1 saturated heterocycles. The molecule has 0 bridgehead atoms. The van der Waals surface area contributed by atoms with Crippen molar-refractivity contribution in [3.63, 3.8) is 0 Å². The van der Waals surface area contributed by atoms with Gasteiger partial charge in [-0.05, 0) is 69.7 Å². The molecule has 2 fully saturated rings. The van der Waals surface area contributed by atoms with Crippen LogP contribution in [0.3, 0.4) is 0 Å². The van der Waals surface area contributed by atoms with Crippen LogP contribution >= 0.6 is 0 Å². The highest BCUT2D eigenvalue weighted by Gasteiger charge is 2.22. The van der Waals surface area contributed by atoms with Crippen molar-refractivity contribution in [2.45, 2.75) is 63.5 Å². The average molecular weight is 330 g/mol. The van der Waals surface area contributed by atoms with Gasteiger partial charge in [0.05, 0.1) is 6.10 Å². The molecule has 1 unspecified atom stereocenters. The molecule has 1 N–H and O–H groups in total. The van der Waals surface area contributed by atoms with Crippen LogP contribution in [0.25, 0.3) is 0 Å². The van der Waals surface area contributed by atoms with Crippen LogP contribution in [0.4, 0.5) is 0 Å². The number of rotatable bonds is 6. The molecule has 1 saturated carbocycles. The predicted octanol–water partition coefficient (Wildman–Crippen LogP) is 3.15. The Morgan fingerprint density at radius 1 is 1.25 bits per heavy atom. The lowest BCUT2D eigenvalue weighted by Gasteiger charge is -2.32. The summed E-state index contributed by atoms with van der Waals surface area (Å²) < 4.78 is 6.06. The van der Waals surface area contributed by atoms with E-state index in [1.54, 1.807) is 0 Å². The molecule has 0 radical (unpaired) electrons. The van der Waals surface area contributed by atoms with E-state index in [-0.39, 0.29) is 5.91 Å². The number of hydrogen-bond donors (Lipinski definition) is 1. The van der Waals surface area contributed by atoms with Crippen molar-refractivity contribution in [3.8, 4) is 5.75 Å². The quantitative estimate of drug-likeness (QED) is 0.871. The monoisotopic (exact) mass is 330 g/mol. The van der Waals surface area contributed by atoms with E-state index in [0.29, 0.717) is 18.6 Å². The van der Waals surface area contributed by atoms with Crippen molar-refractivity contribution in [2.24, 2.45) is 0 Å². The second-order valence-corrected chi connectivity index (χ2v) is 7.14. The van der Waals surface area contributed by atoms with Gasteiger partial charge in [0.1, 0.15) is 5.75 Å². The van der Waals surface area contributed by atoms with Gasteiger partial charge in [0.25, 0.3) is 0 Å². The number of likely N-dealkylation sites (N-methyl/N-ethyl adjacent to an activating group) is 1. The molecule has 3 rings (SSSR count). The number of nitrogens with one attached hydrogen (secondary N) is 1. The average Bonchev–Trinajstić information content (AvgIpc) is 3.13. The molecule has 4 nitrogen and oxygen atoms in total. The molecule has 1 aliphatic heterocycles. The fourth-order valence-corrected chi connectivity index (χ4v) is 3.82. The number of hydrogen-bond acceptors (Lipinski definition) is 3. The zero-order valence-corrected chi connectivity index (χ0v) is 14.8. The Kier molecular flexibility index (Phi) is 6.13. The lowest BCUT2D eigenvalue weighted by molar-refractivity contribution is -0.132. The van der Waals surface area contributed by atoms with Crippen LogP contribution in [0.2, 0.25) is 0 Å². The summed E-state index contributed by atoms with van der Waals surface area (Å²) in [4.78, 5) is 14.5. The number of ether oxygens (including phenoxy) is 1. The number of carbonyl (C=O) groups is 1. The van der Waals surface area contributed by atoms with Gasteiger partial charge >= 0.3 is 0 Å². The maximum Gasteiger partial charge on any atom is 0.222 e. The smallest absolute Gasteiger partial charge is 0.222 e. The minimum absolute atomic E-state index is 0.275. The van der Waals surface area contributed by atoms with E-state index in [1.165, 1.54) is 37.7 Å². The maximum absolute atomic E-state index is 12.5. The number of amides is 1. The Morgan fingerprint density at radius 3 is 2.88 bits per heavy atom. The molecule has 0 spiro atoms. The third kappa shape index (κ3) is 4.73. The zero-order valence-electron chi connectivity index (χ0n) is 14.8. The fraction of sp³-hybridized carbons (Fsp3) is 0.650. The molecule has 1 aromatic rings. The Balaban J connectivity index is 1.49. The van der Waals surface area contributed by atoms with Gasteiger partial charge in [-0.3, -0.25) is 4.79 Å². The first-order valence-electron chi connectivity index (χ1n) is 9.45. The third-order valence-electron chi connectivity index (χ3n) is 5.31. The van der Waals surface area contributed by atoms with Crippen LogP contribution in [0, 0.1) is 0 Å². The normalized spacial score (nSPS) is 21.9. The van der Waals surface area contributed by atoms with Crippen LogP contribution < -0.4 is 10.1 Å². The first kappa shape index (κ1) is 17.3. The van der Waals surface area contributed by atoms with E-state index in [1.807, 2.05) is 24.1 Å². The van der Waals surface area contributed by atoms with Crippen LogP contribution in [0.1, 0.15) is 50.5 Å². The zero-order chi connectivity index (χ0) is 16.8. The lowest BCUT2D eigenvalue weighted by atomic mass is 10.0. The number of likely N-dealkylation sites (tertiary alicyclic amines) is 1. The summed E-state index contributed by atoms with van der Waals surface area (Å²) in [6.07, 6.45) is 8.93. The SMILES string of the molecule is CNC1CCCN(C(=O)CCc2cccc(OC3CCCC3)c2)C1. The summed E-state index contributed by atoms with van der Waals surface area (Å²) in [6.45, 7) is 1.75. The summed E-state index contributed by atoms with van der Waals surface area (Å²) in [6, 6.07) is 8.73. The van der Waals surface area contributed by atoms with Crippen LogP contribution in [-0.2, 0) is 11.2 Å². The van der Waals surface area contributed by atoms with E-state index >= 15 is 0 Å². The predicted molar refractivity (Wildman–Crippen MR) is 96.3 cm³/mol. The van der Waals surface area contributed by atoms with Crippen molar-refractivity contribution in [1.29, 1.82) is 0 Å². The molecule has 2 aliphatic rings.